The maximum absolute atomic E-state index is 11.8. The van der Waals surface area contributed by atoms with E-state index in [9.17, 15) is 9.59 Å². The molecule has 2 N–H and O–H groups in total. The van der Waals surface area contributed by atoms with Gasteiger partial charge in [0.15, 0.2) is 11.4 Å². The van der Waals surface area contributed by atoms with Gasteiger partial charge in [0.1, 0.15) is 10.9 Å². The molecule has 0 atom stereocenters. The van der Waals surface area contributed by atoms with Crippen molar-refractivity contribution in [3.05, 3.63) is 41.9 Å². The Hall–Kier alpha value is -2.61. The number of piperidine rings is 1. The quantitative estimate of drug-likeness (QED) is 0.452. The number of thioether (sulfide) groups is 1. The van der Waals surface area contributed by atoms with Gasteiger partial charge in [0.2, 0.25) is 0 Å². The molecule has 28 heavy (non-hydrogen) atoms. The molecule has 1 fully saturated rings. The number of para-hydroxylation sites is 1. The van der Waals surface area contributed by atoms with Gasteiger partial charge in [-0.2, -0.15) is 0 Å². The highest BCUT2D eigenvalue weighted by molar-refractivity contribution is 7.98. The molecule has 2 heterocycles. The predicted molar refractivity (Wildman–Crippen MR) is 109 cm³/mol. The average Bonchev–Trinajstić information content (AvgIpc) is 2.69. The summed E-state index contributed by atoms with van der Waals surface area (Å²) in [6.45, 7) is 3.21. The Morgan fingerprint density at radius 3 is 2.46 bits per heavy atom. The lowest BCUT2D eigenvalue weighted by Crippen LogP contribution is -2.34. The summed E-state index contributed by atoms with van der Waals surface area (Å²) in [5.74, 6) is -0.228. The number of amides is 1. The summed E-state index contributed by atoms with van der Waals surface area (Å²) in [7, 11) is 0. The van der Waals surface area contributed by atoms with Gasteiger partial charge in [-0.3, -0.25) is 9.59 Å². The van der Waals surface area contributed by atoms with E-state index in [-0.39, 0.29) is 11.4 Å². The first-order valence-electron chi connectivity index (χ1n) is 9.21. The number of hydrogen-bond acceptors (Lipinski definition) is 7. The van der Waals surface area contributed by atoms with E-state index >= 15 is 0 Å². The van der Waals surface area contributed by atoms with Crippen molar-refractivity contribution in [2.45, 2.75) is 31.2 Å². The smallest absolute Gasteiger partial charge is 0.308 e. The highest BCUT2D eigenvalue weighted by Crippen LogP contribution is 2.31. The molecule has 0 radical (unpaired) electrons. The topological polar surface area (TPSA) is 98.4 Å². The van der Waals surface area contributed by atoms with Crippen LogP contribution in [0, 0.1) is 5.92 Å². The second kappa shape index (κ2) is 9.05. The van der Waals surface area contributed by atoms with Gasteiger partial charge in [-0.15, -0.1) is 11.8 Å². The van der Waals surface area contributed by atoms with E-state index < -0.39 is 11.9 Å². The lowest BCUT2D eigenvalue weighted by molar-refractivity contribution is -0.132. The lowest BCUT2D eigenvalue weighted by Gasteiger charge is -2.33. The minimum Gasteiger partial charge on any atom is -0.421 e. The van der Waals surface area contributed by atoms with Crippen LogP contribution in [-0.4, -0.2) is 41.2 Å². The third-order valence-corrected chi connectivity index (χ3v) is 5.42. The molecule has 148 valence electrons. The zero-order valence-electron chi connectivity index (χ0n) is 16.1. The minimum absolute atomic E-state index is 0.0359. The molecule has 1 amide bonds. The monoisotopic (exact) mass is 400 g/mol. The Morgan fingerprint density at radius 1 is 1.21 bits per heavy atom. The summed E-state index contributed by atoms with van der Waals surface area (Å²) in [6, 6.07) is 10.4. The molecular formula is C20H24N4O3S. The number of nitrogens with zero attached hydrogens (tertiary/aromatic N) is 3. The van der Waals surface area contributed by atoms with Gasteiger partial charge in [0.05, 0.1) is 0 Å². The standard InChI is InChI=1S/C20H24N4O3S/c1-13(25)27-18-17(19(21)26)22-16(23-20(18)28-2)12-14-8-10-24(11-9-14)15-6-4-3-5-7-15/h3-7,14H,8-12H2,1-2H3,(H2,21,26). The van der Waals surface area contributed by atoms with Crippen LogP contribution in [0.25, 0.3) is 0 Å². The van der Waals surface area contributed by atoms with E-state index in [0.717, 1.165) is 25.9 Å². The number of carbonyl (C=O) groups excluding carboxylic acids is 2. The molecule has 1 saturated heterocycles. The molecule has 1 aromatic carbocycles. The number of aromatic nitrogens is 2. The van der Waals surface area contributed by atoms with Crippen molar-refractivity contribution >= 4 is 29.3 Å². The fourth-order valence-corrected chi connectivity index (χ4v) is 3.92. The molecule has 2 aromatic rings. The van der Waals surface area contributed by atoms with Gasteiger partial charge < -0.3 is 15.4 Å². The van der Waals surface area contributed by atoms with Gasteiger partial charge in [0.25, 0.3) is 5.91 Å². The number of benzene rings is 1. The molecule has 0 saturated carbocycles. The van der Waals surface area contributed by atoms with Crippen molar-refractivity contribution in [2.24, 2.45) is 11.7 Å². The minimum atomic E-state index is -0.728. The van der Waals surface area contributed by atoms with Gasteiger partial charge in [-0.05, 0) is 37.1 Å². The van der Waals surface area contributed by atoms with Crippen molar-refractivity contribution in [1.82, 2.24) is 9.97 Å². The first-order chi connectivity index (χ1) is 13.5. The number of esters is 1. The lowest BCUT2D eigenvalue weighted by atomic mass is 9.93. The highest BCUT2D eigenvalue weighted by Gasteiger charge is 2.24. The first kappa shape index (κ1) is 20.1. The molecule has 8 heteroatoms. The van der Waals surface area contributed by atoms with Crippen LogP contribution < -0.4 is 15.4 Å². The van der Waals surface area contributed by atoms with Crippen LogP contribution in [0.1, 0.15) is 36.1 Å². The largest absolute Gasteiger partial charge is 0.421 e. The van der Waals surface area contributed by atoms with E-state index in [1.165, 1.54) is 24.4 Å². The van der Waals surface area contributed by atoms with Gasteiger partial charge >= 0.3 is 5.97 Å². The van der Waals surface area contributed by atoms with Crippen molar-refractivity contribution in [3.8, 4) is 5.75 Å². The molecule has 0 unspecified atom stereocenters. The first-order valence-corrected chi connectivity index (χ1v) is 10.4. The number of rotatable bonds is 6. The summed E-state index contributed by atoms with van der Waals surface area (Å²) >= 11 is 1.30. The number of anilines is 1. The number of nitrogens with two attached hydrogens (primary N) is 1. The molecule has 0 spiro atoms. The predicted octanol–water partition coefficient (Wildman–Crippen LogP) is 2.68. The van der Waals surface area contributed by atoms with E-state index in [2.05, 4.69) is 39.1 Å². The van der Waals surface area contributed by atoms with Gasteiger partial charge in [0, 0.05) is 32.1 Å². The SMILES string of the molecule is CSc1nc(CC2CCN(c3ccccc3)CC2)nc(C(N)=O)c1OC(C)=O. The van der Waals surface area contributed by atoms with Crippen LogP contribution in [0.4, 0.5) is 5.69 Å². The van der Waals surface area contributed by atoms with Crippen molar-refractivity contribution < 1.29 is 14.3 Å². The van der Waals surface area contributed by atoms with Crippen LogP contribution in [0.15, 0.2) is 35.4 Å². The molecule has 7 nitrogen and oxygen atoms in total. The summed E-state index contributed by atoms with van der Waals surface area (Å²) in [5.41, 5.74) is 6.67. The van der Waals surface area contributed by atoms with Crippen molar-refractivity contribution in [2.75, 3.05) is 24.2 Å². The number of carbonyl (C=O) groups is 2. The number of ether oxygens (including phenoxy) is 1. The Morgan fingerprint density at radius 2 is 1.89 bits per heavy atom. The van der Waals surface area contributed by atoms with Crippen molar-refractivity contribution in [1.29, 1.82) is 0 Å². The van der Waals surface area contributed by atoms with Crippen molar-refractivity contribution in [3.63, 3.8) is 0 Å². The summed E-state index contributed by atoms with van der Waals surface area (Å²) in [4.78, 5) is 34.4. The Kier molecular flexibility index (Phi) is 6.51. The third kappa shape index (κ3) is 4.81. The number of hydrogen-bond donors (Lipinski definition) is 1. The van der Waals surface area contributed by atoms with E-state index in [0.29, 0.717) is 23.2 Å². The van der Waals surface area contributed by atoms with Crippen LogP contribution in [0.3, 0.4) is 0 Å². The van der Waals surface area contributed by atoms with Crippen LogP contribution in [0.2, 0.25) is 0 Å². The fourth-order valence-electron chi connectivity index (χ4n) is 3.40. The fraction of sp³-hybridized carbons (Fsp3) is 0.400. The third-order valence-electron chi connectivity index (χ3n) is 4.76. The summed E-state index contributed by atoms with van der Waals surface area (Å²) < 4.78 is 5.14. The van der Waals surface area contributed by atoms with Gasteiger partial charge in [-0.1, -0.05) is 18.2 Å². The van der Waals surface area contributed by atoms with E-state index in [1.807, 2.05) is 12.3 Å². The molecule has 3 rings (SSSR count). The summed E-state index contributed by atoms with van der Waals surface area (Å²) in [6.07, 6.45) is 4.51. The molecule has 0 bridgehead atoms. The second-order valence-corrected chi connectivity index (χ2v) is 7.55. The molecular weight excluding hydrogens is 376 g/mol. The van der Waals surface area contributed by atoms with Crippen LogP contribution in [-0.2, 0) is 11.2 Å². The van der Waals surface area contributed by atoms with Gasteiger partial charge in [-0.25, -0.2) is 9.97 Å². The normalized spacial score (nSPS) is 14.7. The Bertz CT molecular complexity index is 852. The maximum atomic E-state index is 11.8. The maximum Gasteiger partial charge on any atom is 0.308 e. The number of primary amides is 1. The van der Waals surface area contributed by atoms with E-state index in [1.54, 1.807) is 0 Å². The molecule has 0 aliphatic carbocycles. The van der Waals surface area contributed by atoms with E-state index in [4.69, 9.17) is 10.5 Å². The molecule has 1 aliphatic rings. The van der Waals surface area contributed by atoms with Crippen LogP contribution in [0.5, 0.6) is 5.75 Å². The highest BCUT2D eigenvalue weighted by atomic mass is 32.2. The van der Waals surface area contributed by atoms with Crippen LogP contribution >= 0.6 is 11.8 Å². The zero-order chi connectivity index (χ0) is 20.1. The average molecular weight is 401 g/mol. The Labute approximate surface area is 168 Å². The zero-order valence-corrected chi connectivity index (χ0v) is 16.9. The molecule has 1 aliphatic heterocycles. The Balaban J connectivity index is 1.73. The second-order valence-electron chi connectivity index (χ2n) is 6.75. The summed E-state index contributed by atoms with van der Waals surface area (Å²) in [5, 5.41) is 0.454. The molecule has 1 aromatic heterocycles.